The van der Waals surface area contributed by atoms with E-state index in [4.69, 9.17) is 5.26 Å². The number of rotatable bonds is 5. The van der Waals surface area contributed by atoms with Gasteiger partial charge in [0.05, 0.1) is 6.07 Å². The van der Waals surface area contributed by atoms with Crippen LogP contribution in [-0.4, -0.2) is 28.5 Å². The van der Waals surface area contributed by atoms with Crippen molar-refractivity contribution < 1.29 is 0 Å². The molecule has 92 valence electrons. The second-order valence-corrected chi connectivity index (χ2v) is 3.85. The van der Waals surface area contributed by atoms with Gasteiger partial charge in [0.2, 0.25) is 0 Å². The van der Waals surface area contributed by atoms with E-state index < -0.39 is 0 Å². The van der Waals surface area contributed by atoms with Crippen molar-refractivity contribution >= 4 is 11.6 Å². The summed E-state index contributed by atoms with van der Waals surface area (Å²) in [5.74, 6) is 1.47. The lowest BCUT2D eigenvalue weighted by molar-refractivity contribution is 0.892. The number of nitrogens with one attached hydrogen (secondary N) is 2. The number of nitrogens with zero attached hydrogens (tertiary/aromatic N) is 4. The first-order valence-corrected chi connectivity index (χ1v) is 5.55. The maximum absolute atomic E-state index is 8.51. The summed E-state index contributed by atoms with van der Waals surface area (Å²) in [5, 5.41) is 11.4. The van der Waals surface area contributed by atoms with E-state index in [0.717, 1.165) is 12.4 Å². The lowest BCUT2D eigenvalue weighted by Gasteiger charge is -2.17. The minimum Gasteiger partial charge on any atom is -0.367 e. The van der Waals surface area contributed by atoms with Crippen LogP contribution in [0.2, 0.25) is 0 Å². The Hall–Kier alpha value is -2.55. The van der Waals surface area contributed by atoms with Gasteiger partial charge in [0.25, 0.3) is 0 Å². The summed E-state index contributed by atoms with van der Waals surface area (Å²) in [6.07, 6.45) is 5.33. The van der Waals surface area contributed by atoms with Gasteiger partial charge in [-0.15, -0.1) is 0 Å². The fraction of sp³-hybridized carbons (Fsp3) is 0.250. The Morgan fingerprint density at radius 1 is 1.50 bits per heavy atom. The summed E-state index contributed by atoms with van der Waals surface area (Å²) >= 11 is 0. The number of nitriles is 1. The molecule has 0 amide bonds. The van der Waals surface area contributed by atoms with E-state index in [2.05, 4.69) is 20.3 Å². The molecule has 2 N–H and O–H groups in total. The molecular formula is C12H14N6. The Morgan fingerprint density at radius 2 is 2.39 bits per heavy atom. The average molecular weight is 242 g/mol. The molecule has 0 aliphatic heterocycles. The molecule has 0 atom stereocenters. The molecule has 18 heavy (non-hydrogen) atoms. The molecule has 0 unspecified atom stereocenters. The van der Waals surface area contributed by atoms with Gasteiger partial charge in [-0.05, 0) is 11.6 Å². The van der Waals surface area contributed by atoms with Crippen LogP contribution in [0.4, 0.5) is 11.6 Å². The van der Waals surface area contributed by atoms with Crippen molar-refractivity contribution in [3.05, 3.63) is 36.4 Å². The van der Waals surface area contributed by atoms with E-state index in [1.807, 2.05) is 42.5 Å². The van der Waals surface area contributed by atoms with Crippen LogP contribution < -0.4 is 10.2 Å². The van der Waals surface area contributed by atoms with Crippen LogP contribution in [0.1, 0.15) is 5.56 Å². The molecule has 0 aromatic carbocycles. The first-order valence-electron chi connectivity index (χ1n) is 5.55. The molecule has 0 radical (unpaired) electrons. The fourth-order valence-electron chi connectivity index (χ4n) is 1.59. The molecule has 0 fully saturated rings. The summed E-state index contributed by atoms with van der Waals surface area (Å²) in [4.78, 5) is 13.3. The van der Waals surface area contributed by atoms with Crippen molar-refractivity contribution in [3.63, 3.8) is 0 Å². The molecule has 0 aliphatic carbocycles. The maximum atomic E-state index is 8.51. The van der Waals surface area contributed by atoms with Gasteiger partial charge in [0.1, 0.15) is 24.5 Å². The molecule has 2 aromatic heterocycles. The summed E-state index contributed by atoms with van der Waals surface area (Å²) in [7, 11) is 1.96. The quantitative estimate of drug-likeness (QED) is 0.774. The van der Waals surface area contributed by atoms with E-state index in [-0.39, 0.29) is 6.54 Å². The third-order valence-corrected chi connectivity index (χ3v) is 2.47. The van der Waals surface area contributed by atoms with Gasteiger partial charge >= 0.3 is 0 Å². The zero-order chi connectivity index (χ0) is 12.8. The summed E-state index contributed by atoms with van der Waals surface area (Å²) in [5.41, 5.74) is 1.18. The van der Waals surface area contributed by atoms with Gasteiger partial charge in [0.15, 0.2) is 0 Å². The Labute approximate surface area is 105 Å². The minimum absolute atomic E-state index is 0.234. The lowest BCUT2D eigenvalue weighted by atomic mass is 10.3. The molecule has 2 aromatic rings. The minimum atomic E-state index is 0.234. The van der Waals surface area contributed by atoms with Crippen LogP contribution in [-0.2, 0) is 6.54 Å². The van der Waals surface area contributed by atoms with Crippen molar-refractivity contribution in [2.45, 2.75) is 6.54 Å². The Balaban J connectivity index is 2.05. The number of aromatic amines is 1. The van der Waals surface area contributed by atoms with Gasteiger partial charge < -0.3 is 15.2 Å². The van der Waals surface area contributed by atoms with Crippen molar-refractivity contribution in [1.29, 1.82) is 5.26 Å². The van der Waals surface area contributed by atoms with Crippen molar-refractivity contribution in [3.8, 4) is 6.07 Å². The van der Waals surface area contributed by atoms with Crippen LogP contribution in [0.25, 0.3) is 0 Å². The molecule has 0 spiro atoms. The Kier molecular flexibility index (Phi) is 3.76. The molecule has 0 bridgehead atoms. The Bertz CT molecular complexity index is 528. The highest BCUT2D eigenvalue weighted by Crippen LogP contribution is 2.14. The van der Waals surface area contributed by atoms with Crippen LogP contribution in [0.5, 0.6) is 0 Å². The number of aromatic nitrogens is 3. The van der Waals surface area contributed by atoms with E-state index in [9.17, 15) is 0 Å². The first-order chi connectivity index (χ1) is 8.79. The van der Waals surface area contributed by atoms with E-state index in [1.165, 1.54) is 11.9 Å². The molecule has 6 heteroatoms. The lowest BCUT2D eigenvalue weighted by Crippen LogP contribution is -2.17. The zero-order valence-electron chi connectivity index (χ0n) is 10.1. The standard InChI is InChI=1S/C12H14N6/c1-18(8-10-2-4-14-7-10)12-6-11(15-5-3-13)16-9-17-12/h2,4,6-7,9,14H,5,8H2,1H3,(H,15,16,17). The largest absolute Gasteiger partial charge is 0.367 e. The topological polar surface area (TPSA) is 80.6 Å². The summed E-state index contributed by atoms with van der Waals surface area (Å²) in [6.45, 7) is 0.996. The van der Waals surface area contributed by atoms with E-state index >= 15 is 0 Å². The van der Waals surface area contributed by atoms with E-state index in [0.29, 0.717) is 5.82 Å². The molecule has 6 nitrogen and oxygen atoms in total. The Morgan fingerprint density at radius 3 is 3.11 bits per heavy atom. The zero-order valence-corrected chi connectivity index (χ0v) is 10.1. The average Bonchev–Trinajstić information content (AvgIpc) is 2.89. The molecular weight excluding hydrogens is 228 g/mol. The summed E-state index contributed by atoms with van der Waals surface area (Å²) in [6, 6.07) is 5.86. The highest BCUT2D eigenvalue weighted by molar-refractivity contribution is 5.48. The second kappa shape index (κ2) is 5.68. The predicted octanol–water partition coefficient (Wildman–Crippen LogP) is 1.38. The maximum Gasteiger partial charge on any atom is 0.134 e. The normalized spacial score (nSPS) is 9.78. The van der Waals surface area contributed by atoms with Crippen LogP contribution in [0, 0.1) is 11.3 Å². The smallest absolute Gasteiger partial charge is 0.134 e. The SMILES string of the molecule is CN(Cc1cc[nH]c1)c1cc(NCC#N)ncn1. The van der Waals surface area contributed by atoms with E-state index in [1.54, 1.807) is 0 Å². The van der Waals surface area contributed by atoms with Crippen molar-refractivity contribution in [2.75, 3.05) is 23.8 Å². The summed E-state index contributed by atoms with van der Waals surface area (Å²) < 4.78 is 0. The number of hydrogen-bond acceptors (Lipinski definition) is 5. The molecule has 0 saturated carbocycles. The van der Waals surface area contributed by atoms with Crippen molar-refractivity contribution in [1.82, 2.24) is 15.0 Å². The molecule has 2 rings (SSSR count). The molecule has 0 aliphatic rings. The van der Waals surface area contributed by atoms with Crippen LogP contribution in [0.3, 0.4) is 0 Å². The highest BCUT2D eigenvalue weighted by Gasteiger charge is 2.05. The van der Waals surface area contributed by atoms with Gasteiger partial charge in [-0.1, -0.05) is 0 Å². The molecule has 2 heterocycles. The predicted molar refractivity (Wildman–Crippen MR) is 69.0 cm³/mol. The van der Waals surface area contributed by atoms with Crippen LogP contribution in [0.15, 0.2) is 30.9 Å². The number of hydrogen-bond donors (Lipinski definition) is 2. The number of H-pyrrole nitrogens is 1. The monoisotopic (exact) mass is 242 g/mol. The van der Waals surface area contributed by atoms with Gasteiger partial charge in [-0.2, -0.15) is 5.26 Å². The van der Waals surface area contributed by atoms with Crippen molar-refractivity contribution in [2.24, 2.45) is 0 Å². The van der Waals surface area contributed by atoms with Gasteiger partial charge in [0, 0.05) is 32.1 Å². The van der Waals surface area contributed by atoms with Crippen LogP contribution >= 0.6 is 0 Å². The first kappa shape index (κ1) is 11.9. The number of anilines is 2. The second-order valence-electron chi connectivity index (χ2n) is 3.85. The van der Waals surface area contributed by atoms with Gasteiger partial charge in [-0.25, -0.2) is 9.97 Å². The third kappa shape index (κ3) is 2.98. The highest BCUT2D eigenvalue weighted by atomic mass is 15.2. The van der Waals surface area contributed by atoms with Gasteiger partial charge in [-0.3, -0.25) is 0 Å². The fourth-order valence-corrected chi connectivity index (χ4v) is 1.59. The molecule has 0 saturated heterocycles. The third-order valence-electron chi connectivity index (χ3n) is 2.47.